The summed E-state index contributed by atoms with van der Waals surface area (Å²) in [5.74, 6) is 0.623. The molecule has 32 heavy (non-hydrogen) atoms. The van der Waals surface area contributed by atoms with Gasteiger partial charge < -0.3 is 14.4 Å². The van der Waals surface area contributed by atoms with E-state index in [2.05, 4.69) is 24.0 Å². The summed E-state index contributed by atoms with van der Waals surface area (Å²) in [6.45, 7) is 5.65. The summed E-state index contributed by atoms with van der Waals surface area (Å²) < 4.78 is 10.6. The molecule has 0 N–H and O–H groups in total. The van der Waals surface area contributed by atoms with Crippen LogP contribution in [0, 0.1) is 6.92 Å². The van der Waals surface area contributed by atoms with Gasteiger partial charge in [0.1, 0.15) is 11.3 Å². The molecule has 7 nitrogen and oxygen atoms in total. The van der Waals surface area contributed by atoms with Gasteiger partial charge in [-0.25, -0.2) is 4.79 Å². The third-order valence-corrected chi connectivity index (χ3v) is 7.46. The van der Waals surface area contributed by atoms with Gasteiger partial charge in [0.25, 0.3) is 5.91 Å². The van der Waals surface area contributed by atoms with Gasteiger partial charge in [-0.3, -0.25) is 14.6 Å². The molecule has 2 aliphatic rings. The van der Waals surface area contributed by atoms with E-state index in [4.69, 9.17) is 9.47 Å². The fourth-order valence-electron chi connectivity index (χ4n) is 4.72. The number of carbonyl (C=O) groups is 2. The van der Waals surface area contributed by atoms with E-state index in [1.807, 2.05) is 35.6 Å². The second-order valence-corrected chi connectivity index (χ2v) is 9.86. The summed E-state index contributed by atoms with van der Waals surface area (Å²) in [6.07, 6.45) is 1.28. The molecule has 0 atom stereocenters. The molecule has 1 aromatic heterocycles. The van der Waals surface area contributed by atoms with Crippen LogP contribution in [0.15, 0.2) is 36.4 Å². The van der Waals surface area contributed by atoms with Gasteiger partial charge in [-0.2, -0.15) is 0 Å². The predicted molar refractivity (Wildman–Crippen MR) is 124 cm³/mol. The van der Waals surface area contributed by atoms with Gasteiger partial charge in [0.05, 0.1) is 20.3 Å². The summed E-state index contributed by atoms with van der Waals surface area (Å²) in [7, 11) is 3.23. The van der Waals surface area contributed by atoms with E-state index in [0.29, 0.717) is 31.7 Å². The lowest BCUT2D eigenvalue weighted by Gasteiger charge is -2.42. The number of carbonyl (C=O) groups excluding carboxylic acids is 2. The van der Waals surface area contributed by atoms with Crippen molar-refractivity contribution in [3.63, 3.8) is 0 Å². The maximum absolute atomic E-state index is 13.7. The first-order valence-electron chi connectivity index (χ1n) is 11.0. The van der Waals surface area contributed by atoms with E-state index >= 15 is 0 Å². The number of amides is 3. The van der Waals surface area contributed by atoms with E-state index in [9.17, 15) is 9.59 Å². The standard InChI is InChI=1S/C24H31N3O4S/c1-18-7-8-21(32-18)17-25-11-9-24(10-12-25)22(28)26(23(29)27(24)13-14-30-2)16-19-5-4-6-20(15-19)31-3/h4-8,15H,9-14,16-17H2,1-3H3. The lowest BCUT2D eigenvalue weighted by molar-refractivity contribution is -0.136. The highest BCUT2D eigenvalue weighted by Gasteiger charge is 2.57. The summed E-state index contributed by atoms with van der Waals surface area (Å²) in [5.41, 5.74) is 0.0939. The van der Waals surface area contributed by atoms with E-state index in [1.54, 1.807) is 19.1 Å². The molecule has 0 aliphatic carbocycles. The maximum atomic E-state index is 13.7. The van der Waals surface area contributed by atoms with Crippen LogP contribution >= 0.6 is 11.3 Å². The van der Waals surface area contributed by atoms with Crippen LogP contribution in [0.1, 0.15) is 28.2 Å². The number of ether oxygens (including phenoxy) is 2. The Labute approximate surface area is 193 Å². The fourth-order valence-corrected chi connectivity index (χ4v) is 5.66. The Morgan fingerprint density at radius 1 is 1.06 bits per heavy atom. The zero-order valence-corrected chi connectivity index (χ0v) is 19.8. The second kappa shape index (κ2) is 9.60. The largest absolute Gasteiger partial charge is 0.497 e. The van der Waals surface area contributed by atoms with Crippen molar-refractivity contribution in [2.45, 2.75) is 38.4 Å². The number of benzene rings is 1. The number of hydrogen-bond donors (Lipinski definition) is 0. The Morgan fingerprint density at radius 2 is 1.84 bits per heavy atom. The number of nitrogens with zero attached hydrogens (tertiary/aromatic N) is 3. The molecule has 0 saturated carbocycles. The van der Waals surface area contributed by atoms with Crippen LogP contribution < -0.4 is 4.74 Å². The first-order valence-corrected chi connectivity index (χ1v) is 11.8. The van der Waals surface area contributed by atoms with E-state index in [-0.39, 0.29) is 18.5 Å². The summed E-state index contributed by atoms with van der Waals surface area (Å²) in [6, 6.07) is 11.6. The number of imide groups is 1. The number of hydrogen-bond acceptors (Lipinski definition) is 6. The second-order valence-electron chi connectivity index (χ2n) is 8.49. The highest BCUT2D eigenvalue weighted by molar-refractivity contribution is 7.11. The first-order chi connectivity index (χ1) is 15.5. The number of thiophene rings is 1. The van der Waals surface area contributed by atoms with Crippen LogP contribution in [0.4, 0.5) is 4.79 Å². The average molecular weight is 458 g/mol. The zero-order valence-electron chi connectivity index (χ0n) is 19.0. The van der Waals surface area contributed by atoms with Crippen molar-refractivity contribution in [3.8, 4) is 5.75 Å². The van der Waals surface area contributed by atoms with Crippen LogP contribution in [0.5, 0.6) is 5.75 Å². The number of piperidine rings is 1. The predicted octanol–water partition coefficient (Wildman–Crippen LogP) is 3.51. The van der Waals surface area contributed by atoms with Gasteiger partial charge >= 0.3 is 6.03 Å². The SMILES string of the molecule is COCCN1C(=O)N(Cc2cccc(OC)c2)C(=O)C12CCN(Cc1ccc(C)s1)CC2. The van der Waals surface area contributed by atoms with Gasteiger partial charge in [-0.05, 0) is 49.6 Å². The van der Waals surface area contributed by atoms with Crippen molar-refractivity contribution in [1.82, 2.24) is 14.7 Å². The van der Waals surface area contributed by atoms with Crippen LogP contribution in [0.2, 0.25) is 0 Å². The third kappa shape index (κ3) is 4.40. The Kier molecular flexibility index (Phi) is 6.83. The minimum Gasteiger partial charge on any atom is -0.497 e. The molecule has 172 valence electrons. The molecule has 1 aromatic carbocycles. The molecular formula is C24H31N3O4S. The third-order valence-electron chi connectivity index (χ3n) is 6.47. The highest BCUT2D eigenvalue weighted by atomic mass is 32.1. The molecule has 2 saturated heterocycles. The van der Waals surface area contributed by atoms with Gasteiger partial charge in [-0.1, -0.05) is 12.1 Å². The number of methoxy groups -OCH3 is 2. The van der Waals surface area contributed by atoms with Crippen LogP contribution in [-0.2, 0) is 22.6 Å². The minimum atomic E-state index is -0.781. The molecule has 0 bridgehead atoms. The molecule has 1 spiro atoms. The monoisotopic (exact) mass is 457 g/mol. The van der Waals surface area contributed by atoms with E-state index in [1.165, 1.54) is 14.7 Å². The number of rotatable bonds is 8. The van der Waals surface area contributed by atoms with E-state index < -0.39 is 5.54 Å². The van der Waals surface area contributed by atoms with Crippen molar-refractivity contribution >= 4 is 23.3 Å². The van der Waals surface area contributed by atoms with Crippen molar-refractivity contribution in [3.05, 3.63) is 51.7 Å². The Morgan fingerprint density at radius 3 is 2.50 bits per heavy atom. The van der Waals surface area contributed by atoms with Crippen molar-refractivity contribution in [2.24, 2.45) is 0 Å². The number of aryl methyl sites for hydroxylation is 1. The lowest BCUT2D eigenvalue weighted by atomic mass is 9.85. The Bertz CT molecular complexity index is 968. The van der Waals surface area contributed by atoms with Crippen LogP contribution in [0.25, 0.3) is 0 Å². The van der Waals surface area contributed by atoms with Gasteiger partial charge in [0.2, 0.25) is 0 Å². The normalized spacial score (nSPS) is 18.7. The molecule has 2 fully saturated rings. The maximum Gasteiger partial charge on any atom is 0.328 e. The molecular weight excluding hydrogens is 426 g/mol. The minimum absolute atomic E-state index is 0.0898. The topological polar surface area (TPSA) is 62.3 Å². The molecule has 2 aliphatic heterocycles. The van der Waals surface area contributed by atoms with Crippen molar-refractivity contribution in [2.75, 3.05) is 40.5 Å². The van der Waals surface area contributed by atoms with Crippen LogP contribution in [0.3, 0.4) is 0 Å². The Balaban J connectivity index is 1.51. The molecule has 2 aromatic rings. The number of urea groups is 1. The molecule has 8 heteroatoms. The lowest BCUT2D eigenvalue weighted by Crippen LogP contribution is -2.57. The fraction of sp³-hybridized carbons (Fsp3) is 0.500. The summed E-state index contributed by atoms with van der Waals surface area (Å²) in [4.78, 5) is 35.2. The smallest absolute Gasteiger partial charge is 0.328 e. The number of likely N-dealkylation sites (tertiary alicyclic amines) is 1. The summed E-state index contributed by atoms with van der Waals surface area (Å²) >= 11 is 1.81. The first kappa shape index (κ1) is 22.8. The molecule has 3 heterocycles. The van der Waals surface area contributed by atoms with E-state index in [0.717, 1.165) is 25.2 Å². The highest BCUT2D eigenvalue weighted by Crippen LogP contribution is 2.38. The van der Waals surface area contributed by atoms with Crippen molar-refractivity contribution < 1.29 is 19.1 Å². The Hall–Kier alpha value is -2.42. The molecule has 0 unspecified atom stereocenters. The van der Waals surface area contributed by atoms with Crippen molar-refractivity contribution in [1.29, 1.82) is 0 Å². The van der Waals surface area contributed by atoms with Crippen LogP contribution in [-0.4, -0.2) is 72.6 Å². The van der Waals surface area contributed by atoms with Gasteiger partial charge in [0, 0.05) is 43.0 Å². The molecule has 0 radical (unpaired) electrons. The molecule has 4 rings (SSSR count). The summed E-state index contributed by atoms with van der Waals surface area (Å²) in [5, 5.41) is 0. The van der Waals surface area contributed by atoms with Gasteiger partial charge in [0.15, 0.2) is 0 Å². The molecule has 3 amide bonds. The quantitative estimate of drug-likeness (QED) is 0.568. The zero-order chi connectivity index (χ0) is 22.7. The average Bonchev–Trinajstić information content (AvgIpc) is 3.29. The van der Waals surface area contributed by atoms with Gasteiger partial charge in [-0.15, -0.1) is 11.3 Å².